The van der Waals surface area contributed by atoms with Gasteiger partial charge in [0.2, 0.25) is 5.95 Å². The van der Waals surface area contributed by atoms with Crippen molar-refractivity contribution in [2.45, 2.75) is 6.42 Å². The molecule has 0 saturated carbocycles. The Bertz CT molecular complexity index is 617. The third-order valence-electron chi connectivity index (χ3n) is 3.08. The van der Waals surface area contributed by atoms with Crippen LogP contribution in [-0.4, -0.2) is 34.7 Å². The molecule has 0 fully saturated rings. The Kier molecular flexibility index (Phi) is 5.71. The second-order valence-corrected chi connectivity index (χ2v) is 5.61. The smallest absolute Gasteiger partial charge is 0.310 e. The average Bonchev–Trinajstić information content (AvgIpc) is 2.54. The number of phenolic OH excluding ortho intramolecular Hbond substituents is 1. The van der Waals surface area contributed by atoms with Gasteiger partial charge >= 0.3 is 5.97 Å². The van der Waals surface area contributed by atoms with Crippen molar-refractivity contribution in [3.05, 3.63) is 46.7 Å². The normalized spacial score (nSPS) is 11.7. The standard InChI is InChI=1S/C15H16BrN3O3/c1-22-14(21)11(6-10-2-4-13(20)5-3-10)7-17-15-18-8-12(16)9-19-15/h2-5,8-9,11,20H,6-7H2,1H3,(H,17,18,19). The van der Waals surface area contributed by atoms with E-state index in [1.54, 1.807) is 36.7 Å². The number of halogens is 1. The summed E-state index contributed by atoms with van der Waals surface area (Å²) in [5.74, 6) is -0.0398. The number of benzene rings is 1. The average molecular weight is 366 g/mol. The Morgan fingerprint density at radius 1 is 1.32 bits per heavy atom. The van der Waals surface area contributed by atoms with Crippen LogP contribution in [-0.2, 0) is 16.0 Å². The van der Waals surface area contributed by atoms with Crippen LogP contribution in [0.3, 0.4) is 0 Å². The van der Waals surface area contributed by atoms with Crippen molar-refractivity contribution in [1.29, 1.82) is 0 Å². The summed E-state index contributed by atoms with van der Waals surface area (Å²) in [6.07, 6.45) is 3.75. The molecule has 0 bridgehead atoms. The number of carbonyl (C=O) groups is 1. The highest BCUT2D eigenvalue weighted by atomic mass is 79.9. The van der Waals surface area contributed by atoms with Crippen molar-refractivity contribution in [1.82, 2.24) is 9.97 Å². The van der Waals surface area contributed by atoms with Crippen LogP contribution in [0.1, 0.15) is 5.56 Å². The molecule has 6 nitrogen and oxygen atoms in total. The van der Waals surface area contributed by atoms with E-state index in [-0.39, 0.29) is 17.6 Å². The zero-order valence-corrected chi connectivity index (χ0v) is 13.6. The zero-order chi connectivity index (χ0) is 15.9. The number of nitrogens with zero attached hydrogens (tertiary/aromatic N) is 2. The van der Waals surface area contributed by atoms with Crippen LogP contribution in [0.5, 0.6) is 5.75 Å². The maximum absolute atomic E-state index is 11.9. The lowest BCUT2D eigenvalue weighted by atomic mass is 9.99. The lowest BCUT2D eigenvalue weighted by Gasteiger charge is -2.15. The van der Waals surface area contributed by atoms with Crippen LogP contribution in [0.25, 0.3) is 0 Å². The Hall–Kier alpha value is -2.15. The summed E-state index contributed by atoms with van der Waals surface area (Å²) in [4.78, 5) is 20.1. The number of anilines is 1. The van der Waals surface area contributed by atoms with Crippen molar-refractivity contribution in [2.75, 3.05) is 19.0 Å². The molecule has 0 spiro atoms. The minimum atomic E-state index is -0.373. The topological polar surface area (TPSA) is 84.3 Å². The second kappa shape index (κ2) is 7.74. The van der Waals surface area contributed by atoms with Crippen molar-refractivity contribution in [3.8, 4) is 5.75 Å². The fourth-order valence-electron chi connectivity index (χ4n) is 1.94. The minimum absolute atomic E-state index is 0.194. The molecule has 2 aromatic rings. The fraction of sp³-hybridized carbons (Fsp3) is 0.267. The molecule has 0 amide bonds. The SMILES string of the molecule is COC(=O)C(CNc1ncc(Br)cn1)Cc1ccc(O)cc1. The van der Waals surface area contributed by atoms with Crippen molar-refractivity contribution in [3.63, 3.8) is 0 Å². The molecule has 7 heteroatoms. The predicted molar refractivity (Wildman–Crippen MR) is 85.5 cm³/mol. The third-order valence-corrected chi connectivity index (χ3v) is 3.49. The van der Waals surface area contributed by atoms with Crippen LogP contribution in [0.4, 0.5) is 5.95 Å². The van der Waals surface area contributed by atoms with Gasteiger partial charge in [-0.3, -0.25) is 4.79 Å². The molecule has 22 heavy (non-hydrogen) atoms. The van der Waals surface area contributed by atoms with Crippen molar-refractivity contribution < 1.29 is 14.6 Å². The summed E-state index contributed by atoms with van der Waals surface area (Å²) in [5.41, 5.74) is 0.937. The number of hydrogen-bond donors (Lipinski definition) is 2. The number of nitrogens with one attached hydrogen (secondary N) is 1. The minimum Gasteiger partial charge on any atom is -0.508 e. The molecule has 0 aliphatic carbocycles. The van der Waals surface area contributed by atoms with Crippen LogP contribution < -0.4 is 5.32 Å². The maximum Gasteiger partial charge on any atom is 0.310 e. The van der Waals surface area contributed by atoms with Gasteiger partial charge in [-0.05, 0) is 40.0 Å². The van der Waals surface area contributed by atoms with E-state index >= 15 is 0 Å². The number of hydrogen-bond acceptors (Lipinski definition) is 6. The molecule has 1 unspecified atom stereocenters. The Morgan fingerprint density at radius 2 is 1.95 bits per heavy atom. The molecule has 0 saturated heterocycles. The molecular formula is C15H16BrN3O3. The van der Waals surface area contributed by atoms with E-state index in [1.165, 1.54) is 7.11 Å². The van der Waals surface area contributed by atoms with Gasteiger partial charge in [-0.1, -0.05) is 12.1 Å². The third kappa shape index (κ3) is 4.70. The van der Waals surface area contributed by atoms with E-state index in [4.69, 9.17) is 4.74 Å². The first-order valence-corrected chi connectivity index (χ1v) is 7.45. The Morgan fingerprint density at radius 3 is 2.55 bits per heavy atom. The molecule has 2 rings (SSSR count). The Labute approximate surface area is 136 Å². The zero-order valence-electron chi connectivity index (χ0n) is 12.0. The summed E-state index contributed by atoms with van der Waals surface area (Å²) in [6, 6.07) is 6.74. The molecule has 1 heterocycles. The summed E-state index contributed by atoms with van der Waals surface area (Å²) in [7, 11) is 1.36. The van der Waals surface area contributed by atoms with Crippen LogP contribution in [0.2, 0.25) is 0 Å². The number of aromatic hydroxyl groups is 1. The van der Waals surface area contributed by atoms with Crippen LogP contribution >= 0.6 is 15.9 Å². The first-order valence-electron chi connectivity index (χ1n) is 6.65. The summed E-state index contributed by atoms with van der Waals surface area (Å²) < 4.78 is 5.62. The van der Waals surface area contributed by atoms with Crippen LogP contribution in [0.15, 0.2) is 41.1 Å². The number of rotatable bonds is 6. The highest BCUT2D eigenvalue weighted by molar-refractivity contribution is 9.10. The molecule has 1 aromatic heterocycles. The first kappa shape index (κ1) is 16.2. The monoisotopic (exact) mass is 365 g/mol. The van der Waals surface area contributed by atoms with E-state index in [2.05, 4.69) is 31.2 Å². The lowest BCUT2D eigenvalue weighted by Crippen LogP contribution is -2.27. The van der Waals surface area contributed by atoms with Crippen LogP contribution in [0, 0.1) is 5.92 Å². The number of ether oxygens (including phenoxy) is 1. The number of methoxy groups -OCH3 is 1. The predicted octanol–water partition coefficient (Wildman–Crippen LogP) is 2.39. The van der Waals surface area contributed by atoms with Gasteiger partial charge in [0.25, 0.3) is 0 Å². The molecule has 1 aromatic carbocycles. The highest BCUT2D eigenvalue weighted by Crippen LogP contribution is 2.15. The van der Waals surface area contributed by atoms with E-state index in [9.17, 15) is 9.90 Å². The van der Waals surface area contributed by atoms with E-state index < -0.39 is 0 Å². The fourth-order valence-corrected chi connectivity index (χ4v) is 2.14. The summed E-state index contributed by atoms with van der Waals surface area (Å²) in [6.45, 7) is 0.356. The van der Waals surface area contributed by atoms with Gasteiger partial charge in [0.1, 0.15) is 5.75 Å². The summed E-state index contributed by atoms with van der Waals surface area (Å²) >= 11 is 3.26. The van der Waals surface area contributed by atoms with Gasteiger partial charge in [0.05, 0.1) is 17.5 Å². The van der Waals surface area contributed by atoms with Crippen molar-refractivity contribution >= 4 is 27.8 Å². The molecule has 1 atom stereocenters. The van der Waals surface area contributed by atoms with Gasteiger partial charge in [0.15, 0.2) is 0 Å². The number of aromatic nitrogens is 2. The quantitative estimate of drug-likeness (QED) is 0.764. The second-order valence-electron chi connectivity index (χ2n) is 4.70. The molecule has 0 aliphatic heterocycles. The van der Waals surface area contributed by atoms with E-state index in [1.807, 2.05) is 0 Å². The number of carbonyl (C=O) groups excluding carboxylic acids is 1. The highest BCUT2D eigenvalue weighted by Gasteiger charge is 2.20. The molecule has 2 N–H and O–H groups in total. The summed E-state index contributed by atoms with van der Waals surface area (Å²) in [5, 5.41) is 12.3. The molecule has 0 radical (unpaired) electrons. The largest absolute Gasteiger partial charge is 0.508 e. The van der Waals surface area contributed by atoms with Gasteiger partial charge in [-0.25, -0.2) is 9.97 Å². The number of esters is 1. The van der Waals surface area contributed by atoms with Gasteiger partial charge in [-0.2, -0.15) is 0 Å². The molecule has 116 valence electrons. The van der Waals surface area contributed by atoms with Gasteiger partial charge in [-0.15, -0.1) is 0 Å². The molecule has 0 aliphatic rings. The maximum atomic E-state index is 11.9. The van der Waals surface area contributed by atoms with Crippen molar-refractivity contribution in [2.24, 2.45) is 5.92 Å². The van der Waals surface area contributed by atoms with Gasteiger partial charge < -0.3 is 15.2 Å². The van der Waals surface area contributed by atoms with E-state index in [0.717, 1.165) is 10.0 Å². The molecular weight excluding hydrogens is 350 g/mol. The first-order chi connectivity index (χ1) is 10.6. The lowest BCUT2D eigenvalue weighted by molar-refractivity contribution is -0.144. The Balaban J connectivity index is 2.01. The van der Waals surface area contributed by atoms with Gasteiger partial charge in [0, 0.05) is 18.9 Å². The van der Waals surface area contributed by atoms with E-state index in [0.29, 0.717) is 18.9 Å². The number of phenols is 1.